The first kappa shape index (κ1) is 12.1. The van der Waals surface area contributed by atoms with Crippen molar-refractivity contribution in [3.8, 4) is 0 Å². The molecule has 0 fully saturated rings. The first-order chi connectivity index (χ1) is 7.08. The van der Waals surface area contributed by atoms with Crippen LogP contribution >= 0.6 is 22.6 Å². The summed E-state index contributed by atoms with van der Waals surface area (Å²) in [6.07, 6.45) is 0. The number of ketones is 1. The number of aliphatic hydroxyl groups excluding tert-OH is 1. The third-order valence-corrected chi connectivity index (χ3v) is 2.41. The van der Waals surface area contributed by atoms with E-state index >= 15 is 0 Å². The third kappa shape index (κ3) is 3.00. The zero-order valence-corrected chi connectivity index (χ0v) is 10.1. The predicted octanol–water partition coefficient (Wildman–Crippen LogP) is 1.25. The molecule has 0 saturated carbocycles. The molecule has 0 heterocycles. The lowest BCUT2D eigenvalue weighted by Gasteiger charge is -2.03. The Bertz CT molecular complexity index is 366. The van der Waals surface area contributed by atoms with Gasteiger partial charge in [0.2, 0.25) is 0 Å². The average molecular weight is 320 g/mol. The second-order valence-corrected chi connectivity index (χ2v) is 4.05. The Kier molecular flexibility index (Phi) is 4.22. The molecule has 0 unspecified atom stereocenters. The number of Topliss-reactive ketones (excluding diaryl/α,β-unsaturated/α-hetero) is 1. The van der Waals surface area contributed by atoms with Crippen LogP contribution in [0, 0.1) is 3.57 Å². The Hall–Kier alpha value is -0.950. The van der Waals surface area contributed by atoms with Crippen LogP contribution in [-0.4, -0.2) is 30.6 Å². The first-order valence-corrected chi connectivity index (χ1v) is 5.19. The minimum absolute atomic E-state index is 0.307. The van der Waals surface area contributed by atoms with E-state index in [2.05, 4.69) is 4.74 Å². The third-order valence-electron chi connectivity index (χ3n) is 1.78. The molecule has 0 spiro atoms. The van der Waals surface area contributed by atoms with Crippen LogP contribution in [0.15, 0.2) is 18.2 Å². The van der Waals surface area contributed by atoms with Gasteiger partial charge in [0.15, 0.2) is 5.78 Å². The maximum atomic E-state index is 11.2. The van der Waals surface area contributed by atoms with E-state index in [4.69, 9.17) is 5.11 Å². The molecule has 5 heteroatoms. The van der Waals surface area contributed by atoms with Crippen LogP contribution in [-0.2, 0) is 4.74 Å². The molecule has 15 heavy (non-hydrogen) atoms. The van der Waals surface area contributed by atoms with Crippen molar-refractivity contribution >= 4 is 34.3 Å². The van der Waals surface area contributed by atoms with Crippen LogP contribution in [0.4, 0.5) is 0 Å². The highest BCUT2D eigenvalue weighted by atomic mass is 127. The fourth-order valence-corrected chi connectivity index (χ4v) is 1.75. The minimum Gasteiger partial charge on any atom is -0.465 e. The second kappa shape index (κ2) is 5.22. The molecular weight excluding hydrogens is 311 g/mol. The number of halogens is 1. The number of aliphatic hydroxyl groups is 1. The Labute approximate surface area is 100 Å². The smallest absolute Gasteiger partial charge is 0.337 e. The highest BCUT2D eigenvalue weighted by Crippen LogP contribution is 2.14. The maximum absolute atomic E-state index is 11.2. The number of carbonyl (C=O) groups excluding carboxylic acids is 2. The van der Waals surface area contributed by atoms with Crippen molar-refractivity contribution in [1.29, 1.82) is 0 Å². The molecular formula is C10H9IO4. The molecule has 4 nitrogen and oxygen atoms in total. The van der Waals surface area contributed by atoms with Gasteiger partial charge in [-0.1, -0.05) is 0 Å². The summed E-state index contributed by atoms with van der Waals surface area (Å²) in [5, 5.41) is 8.70. The summed E-state index contributed by atoms with van der Waals surface area (Å²) in [5.41, 5.74) is 0.617. The van der Waals surface area contributed by atoms with E-state index in [1.165, 1.54) is 13.2 Å². The van der Waals surface area contributed by atoms with E-state index in [-0.39, 0.29) is 0 Å². The summed E-state index contributed by atoms with van der Waals surface area (Å²) < 4.78 is 5.29. The van der Waals surface area contributed by atoms with Gasteiger partial charge < -0.3 is 9.84 Å². The molecule has 0 saturated heterocycles. The number of hydrogen-bond donors (Lipinski definition) is 1. The lowest BCUT2D eigenvalue weighted by Crippen LogP contribution is -2.08. The van der Waals surface area contributed by atoms with Crippen LogP contribution in [0.5, 0.6) is 0 Å². The fourth-order valence-electron chi connectivity index (χ4n) is 1.08. The topological polar surface area (TPSA) is 63.6 Å². The monoisotopic (exact) mass is 320 g/mol. The summed E-state index contributed by atoms with van der Waals surface area (Å²) in [4.78, 5) is 22.5. The second-order valence-electron chi connectivity index (χ2n) is 2.80. The van der Waals surface area contributed by atoms with E-state index in [0.717, 1.165) is 3.57 Å². The van der Waals surface area contributed by atoms with Gasteiger partial charge in [-0.3, -0.25) is 4.79 Å². The van der Waals surface area contributed by atoms with Crippen molar-refractivity contribution < 1.29 is 19.4 Å². The van der Waals surface area contributed by atoms with Gasteiger partial charge in [-0.15, -0.1) is 0 Å². The van der Waals surface area contributed by atoms with Gasteiger partial charge in [0.1, 0.15) is 6.61 Å². The molecule has 0 aliphatic rings. The Morgan fingerprint density at radius 1 is 1.33 bits per heavy atom. The van der Waals surface area contributed by atoms with Crippen molar-refractivity contribution in [3.05, 3.63) is 32.9 Å². The van der Waals surface area contributed by atoms with Gasteiger partial charge in [0.05, 0.1) is 12.7 Å². The van der Waals surface area contributed by atoms with Gasteiger partial charge in [-0.05, 0) is 40.8 Å². The predicted molar refractivity (Wildman–Crippen MR) is 61.9 cm³/mol. The van der Waals surface area contributed by atoms with Gasteiger partial charge in [0, 0.05) is 9.13 Å². The quantitative estimate of drug-likeness (QED) is 0.517. The summed E-state index contributed by atoms with van der Waals surface area (Å²) in [6.45, 7) is -0.569. The highest BCUT2D eigenvalue weighted by molar-refractivity contribution is 14.1. The number of methoxy groups -OCH3 is 1. The molecule has 0 radical (unpaired) electrons. The van der Waals surface area contributed by atoms with E-state index in [1.54, 1.807) is 12.1 Å². The SMILES string of the molecule is COC(=O)c1cc(I)cc(C(=O)CO)c1. The number of carbonyl (C=O) groups is 2. The van der Waals surface area contributed by atoms with Crippen LogP contribution < -0.4 is 0 Å². The average Bonchev–Trinajstić information content (AvgIpc) is 2.26. The van der Waals surface area contributed by atoms with Crippen molar-refractivity contribution in [2.45, 2.75) is 0 Å². The first-order valence-electron chi connectivity index (χ1n) is 4.11. The van der Waals surface area contributed by atoms with Crippen LogP contribution in [0.25, 0.3) is 0 Å². The summed E-state index contributed by atoms with van der Waals surface area (Å²) >= 11 is 1.99. The van der Waals surface area contributed by atoms with Gasteiger partial charge in [0.25, 0.3) is 0 Å². The van der Waals surface area contributed by atoms with Gasteiger partial charge in [-0.2, -0.15) is 0 Å². The van der Waals surface area contributed by atoms with E-state index in [9.17, 15) is 9.59 Å². The maximum Gasteiger partial charge on any atom is 0.337 e. The van der Waals surface area contributed by atoms with Crippen molar-refractivity contribution in [1.82, 2.24) is 0 Å². The summed E-state index contributed by atoms with van der Waals surface area (Å²) in [6, 6.07) is 4.62. The van der Waals surface area contributed by atoms with E-state index in [0.29, 0.717) is 11.1 Å². The minimum atomic E-state index is -0.569. The van der Waals surface area contributed by atoms with Gasteiger partial charge in [-0.25, -0.2) is 4.79 Å². The normalized spacial score (nSPS) is 9.80. The molecule has 0 bridgehead atoms. The summed E-state index contributed by atoms with van der Waals surface area (Å²) in [5.74, 6) is -0.917. The van der Waals surface area contributed by atoms with Crippen molar-refractivity contribution in [2.24, 2.45) is 0 Å². The Morgan fingerprint density at radius 2 is 1.93 bits per heavy atom. The molecule has 0 aliphatic heterocycles. The van der Waals surface area contributed by atoms with E-state index < -0.39 is 18.4 Å². The van der Waals surface area contributed by atoms with Crippen LogP contribution in [0.1, 0.15) is 20.7 Å². The molecule has 1 aromatic carbocycles. The number of benzene rings is 1. The zero-order chi connectivity index (χ0) is 11.4. The molecule has 1 N–H and O–H groups in total. The number of esters is 1. The highest BCUT2D eigenvalue weighted by Gasteiger charge is 2.11. The molecule has 1 rings (SSSR count). The zero-order valence-electron chi connectivity index (χ0n) is 7.99. The largest absolute Gasteiger partial charge is 0.465 e. The Morgan fingerprint density at radius 3 is 2.47 bits per heavy atom. The summed E-state index contributed by atoms with van der Waals surface area (Å²) in [7, 11) is 1.27. The van der Waals surface area contributed by atoms with Crippen LogP contribution in [0.3, 0.4) is 0 Å². The number of hydrogen-bond acceptors (Lipinski definition) is 4. The molecule has 0 atom stereocenters. The Balaban J connectivity index is 3.16. The lowest BCUT2D eigenvalue weighted by atomic mass is 10.1. The van der Waals surface area contributed by atoms with Gasteiger partial charge >= 0.3 is 5.97 Å². The molecule has 0 amide bonds. The number of ether oxygens (including phenoxy) is 1. The lowest BCUT2D eigenvalue weighted by molar-refractivity contribution is 0.0600. The number of rotatable bonds is 3. The molecule has 1 aromatic rings. The van der Waals surface area contributed by atoms with Crippen LogP contribution in [0.2, 0.25) is 0 Å². The molecule has 0 aromatic heterocycles. The van der Waals surface area contributed by atoms with Crippen molar-refractivity contribution in [3.63, 3.8) is 0 Å². The standard InChI is InChI=1S/C10H9IO4/c1-15-10(14)7-2-6(9(13)5-12)3-8(11)4-7/h2-4,12H,5H2,1H3. The van der Waals surface area contributed by atoms with Crippen molar-refractivity contribution in [2.75, 3.05) is 13.7 Å². The molecule has 80 valence electrons. The fraction of sp³-hybridized carbons (Fsp3) is 0.200. The van der Waals surface area contributed by atoms with E-state index in [1.807, 2.05) is 22.6 Å². The molecule has 0 aliphatic carbocycles.